The van der Waals surface area contributed by atoms with Gasteiger partial charge in [0.2, 0.25) is 0 Å². The predicted molar refractivity (Wildman–Crippen MR) is 186 cm³/mol. The van der Waals surface area contributed by atoms with Crippen molar-refractivity contribution in [1.29, 1.82) is 0 Å². The van der Waals surface area contributed by atoms with Crippen molar-refractivity contribution in [3.05, 3.63) is 101 Å². The minimum atomic E-state index is 0.106. The highest BCUT2D eigenvalue weighted by Crippen LogP contribution is 2.36. The van der Waals surface area contributed by atoms with Gasteiger partial charge in [-0.2, -0.15) is 0 Å². The second-order valence-corrected chi connectivity index (χ2v) is 12.2. The highest BCUT2D eigenvalue weighted by molar-refractivity contribution is 6.33. The van der Waals surface area contributed by atoms with Gasteiger partial charge in [-0.05, 0) is 93.9 Å². The fourth-order valence-corrected chi connectivity index (χ4v) is 5.50. The highest BCUT2D eigenvalue weighted by atomic mass is 35.5. The van der Waals surface area contributed by atoms with E-state index in [1.54, 1.807) is 6.07 Å². The number of H-pyrrole nitrogens is 2. The van der Waals surface area contributed by atoms with E-state index in [0.29, 0.717) is 45.1 Å². The molecular weight excluding hydrogens is 605 g/mol. The number of aromatic amines is 2. The lowest BCUT2D eigenvalue weighted by atomic mass is 10.1. The molecule has 10 heteroatoms. The highest BCUT2D eigenvalue weighted by Gasteiger charge is 2.14. The summed E-state index contributed by atoms with van der Waals surface area (Å²) in [5.74, 6) is 2.87. The molecule has 0 spiro atoms. The number of benzene rings is 4. The van der Waals surface area contributed by atoms with Crippen molar-refractivity contribution in [2.45, 2.75) is 39.8 Å². The summed E-state index contributed by atoms with van der Waals surface area (Å²) in [7, 11) is 0. The summed E-state index contributed by atoms with van der Waals surface area (Å²) < 4.78 is 6.12. The summed E-state index contributed by atoms with van der Waals surface area (Å²) in [6, 6.07) is 23.2. The van der Waals surface area contributed by atoms with Crippen LogP contribution in [0.15, 0.2) is 84.4 Å². The SMILES string of the molecule is C=C(NC(C)C)c1ccc2nc(-c3ccc(Oc4ccc(-c5nc6ccc(C(N)=NC(C)C)cc6[nH]5)c(Cl)c4)c(Cl)c3)[nH]c2c1. The Morgan fingerprint density at radius 1 is 0.822 bits per heavy atom. The number of nitrogens with one attached hydrogen (secondary N) is 3. The largest absolute Gasteiger partial charge is 0.456 e. The second-order valence-electron chi connectivity index (χ2n) is 11.4. The average Bonchev–Trinajstić information content (AvgIpc) is 3.61. The molecule has 228 valence electrons. The quantitative estimate of drug-likeness (QED) is 0.0932. The third-order valence-electron chi connectivity index (χ3n) is 7.10. The molecule has 0 radical (unpaired) electrons. The molecule has 0 bridgehead atoms. The number of nitrogens with two attached hydrogens (primary N) is 1. The lowest BCUT2D eigenvalue weighted by Gasteiger charge is -2.12. The van der Waals surface area contributed by atoms with Crippen LogP contribution in [-0.4, -0.2) is 37.9 Å². The zero-order chi connectivity index (χ0) is 31.8. The predicted octanol–water partition coefficient (Wildman–Crippen LogP) is 8.95. The first-order valence-corrected chi connectivity index (χ1v) is 15.4. The van der Waals surface area contributed by atoms with Crippen molar-refractivity contribution in [2.24, 2.45) is 10.7 Å². The molecule has 8 nitrogen and oxygen atoms in total. The van der Waals surface area contributed by atoms with Gasteiger partial charge in [-0.3, -0.25) is 4.99 Å². The summed E-state index contributed by atoms with van der Waals surface area (Å²) in [6.07, 6.45) is 0. The smallest absolute Gasteiger partial charge is 0.146 e. The van der Waals surface area contributed by atoms with Crippen LogP contribution in [0, 0.1) is 0 Å². The third-order valence-corrected chi connectivity index (χ3v) is 7.71. The molecule has 0 aliphatic rings. The van der Waals surface area contributed by atoms with E-state index < -0.39 is 0 Å². The van der Waals surface area contributed by atoms with Crippen molar-refractivity contribution in [3.8, 4) is 34.3 Å². The molecular formula is C35H33Cl2N7O. The van der Waals surface area contributed by atoms with Crippen LogP contribution in [0.2, 0.25) is 10.0 Å². The van der Waals surface area contributed by atoms with Crippen LogP contribution in [0.25, 0.3) is 50.5 Å². The number of hydrogen-bond donors (Lipinski definition) is 4. The Hall–Kier alpha value is -4.79. The summed E-state index contributed by atoms with van der Waals surface area (Å²) in [6.45, 7) is 12.3. The van der Waals surface area contributed by atoms with Gasteiger partial charge < -0.3 is 25.8 Å². The van der Waals surface area contributed by atoms with Gasteiger partial charge in [0.1, 0.15) is 29.0 Å². The Kier molecular flexibility index (Phi) is 8.27. The van der Waals surface area contributed by atoms with E-state index in [9.17, 15) is 0 Å². The molecule has 0 saturated carbocycles. The van der Waals surface area contributed by atoms with E-state index in [-0.39, 0.29) is 6.04 Å². The lowest BCUT2D eigenvalue weighted by molar-refractivity contribution is 0.483. The number of rotatable bonds is 9. The van der Waals surface area contributed by atoms with Gasteiger partial charge in [-0.1, -0.05) is 35.8 Å². The monoisotopic (exact) mass is 637 g/mol. The second kappa shape index (κ2) is 12.3. The van der Waals surface area contributed by atoms with Crippen LogP contribution < -0.4 is 15.8 Å². The molecule has 4 aromatic carbocycles. The number of fused-ring (bicyclic) bond motifs is 2. The van der Waals surface area contributed by atoms with Crippen LogP contribution in [0.4, 0.5) is 0 Å². The van der Waals surface area contributed by atoms with Gasteiger partial charge >= 0.3 is 0 Å². The Balaban J connectivity index is 1.20. The van der Waals surface area contributed by atoms with Crippen LogP contribution in [0.5, 0.6) is 11.5 Å². The minimum Gasteiger partial charge on any atom is -0.456 e. The first-order valence-electron chi connectivity index (χ1n) is 14.6. The zero-order valence-electron chi connectivity index (χ0n) is 25.4. The summed E-state index contributed by atoms with van der Waals surface area (Å²) in [4.78, 5) is 20.6. The summed E-state index contributed by atoms with van der Waals surface area (Å²) >= 11 is 13.4. The molecule has 0 aliphatic carbocycles. The van der Waals surface area contributed by atoms with Crippen LogP contribution in [0.1, 0.15) is 38.8 Å². The Morgan fingerprint density at radius 3 is 2.16 bits per heavy atom. The molecule has 45 heavy (non-hydrogen) atoms. The first kappa shape index (κ1) is 30.2. The Labute approximate surface area is 271 Å². The minimum absolute atomic E-state index is 0.106. The molecule has 0 atom stereocenters. The van der Waals surface area contributed by atoms with Crippen molar-refractivity contribution in [3.63, 3.8) is 0 Å². The van der Waals surface area contributed by atoms with Crippen LogP contribution >= 0.6 is 23.2 Å². The molecule has 2 aromatic heterocycles. The standard InChI is InChI=1S/C35H33Cl2N7O/c1-18(2)39-20(5)21-6-11-28-30(15-21)43-34(41-28)23-8-13-32(27(37)14-23)45-24-9-10-25(26(36)17-24)35-42-29-12-7-22(16-31(29)44-35)33(38)40-19(3)4/h6-19,39H,5H2,1-4H3,(H2,38,40)(H,41,43)(H,42,44). The molecule has 5 N–H and O–H groups in total. The molecule has 0 amide bonds. The maximum absolute atomic E-state index is 6.70. The van der Waals surface area contributed by atoms with E-state index in [2.05, 4.69) is 40.7 Å². The van der Waals surface area contributed by atoms with Gasteiger partial charge in [0.05, 0.1) is 32.1 Å². The van der Waals surface area contributed by atoms with Crippen molar-refractivity contribution >= 4 is 56.8 Å². The number of imidazole rings is 2. The lowest BCUT2D eigenvalue weighted by Crippen LogP contribution is -2.20. The molecule has 2 heterocycles. The average molecular weight is 639 g/mol. The Morgan fingerprint density at radius 2 is 1.49 bits per heavy atom. The number of aromatic nitrogens is 4. The van der Waals surface area contributed by atoms with Crippen molar-refractivity contribution in [1.82, 2.24) is 25.3 Å². The number of halogens is 2. The van der Waals surface area contributed by atoms with Crippen LogP contribution in [-0.2, 0) is 0 Å². The molecule has 0 unspecified atom stereocenters. The first-order chi connectivity index (χ1) is 21.5. The Bertz CT molecular complexity index is 2090. The molecule has 0 fully saturated rings. The van der Waals surface area contributed by atoms with E-state index in [1.165, 1.54) is 0 Å². The summed E-state index contributed by atoms with van der Waals surface area (Å²) in [5, 5.41) is 4.27. The van der Waals surface area contributed by atoms with E-state index in [4.69, 9.17) is 43.6 Å². The molecule has 6 aromatic rings. The van der Waals surface area contributed by atoms with Gasteiger partial charge in [0.25, 0.3) is 0 Å². The van der Waals surface area contributed by atoms with Gasteiger partial charge in [0.15, 0.2) is 0 Å². The number of aliphatic imine (C=N–C) groups is 1. The maximum Gasteiger partial charge on any atom is 0.146 e. The number of nitrogens with zero attached hydrogens (tertiary/aromatic N) is 3. The van der Waals surface area contributed by atoms with Gasteiger partial charge in [-0.15, -0.1) is 0 Å². The normalized spacial score (nSPS) is 12.0. The van der Waals surface area contributed by atoms with Crippen molar-refractivity contribution in [2.75, 3.05) is 0 Å². The van der Waals surface area contributed by atoms with E-state index in [1.807, 2.05) is 80.6 Å². The summed E-state index contributed by atoms with van der Waals surface area (Å²) in [5.41, 5.74) is 13.8. The molecule has 6 rings (SSSR count). The number of hydrogen-bond acceptors (Lipinski definition) is 5. The van der Waals surface area contributed by atoms with Crippen LogP contribution in [0.3, 0.4) is 0 Å². The zero-order valence-corrected chi connectivity index (χ0v) is 26.9. The van der Waals surface area contributed by atoms with Crippen molar-refractivity contribution < 1.29 is 4.74 Å². The van der Waals surface area contributed by atoms with Gasteiger partial charge in [0, 0.05) is 40.5 Å². The fraction of sp³-hybridized carbons (Fsp3) is 0.171. The van der Waals surface area contributed by atoms with Gasteiger partial charge in [-0.25, -0.2) is 9.97 Å². The number of amidine groups is 1. The fourth-order valence-electron chi connectivity index (χ4n) is 5.02. The topological polar surface area (TPSA) is 117 Å². The molecule has 0 saturated heterocycles. The third kappa shape index (κ3) is 6.53. The number of ether oxygens (including phenoxy) is 1. The maximum atomic E-state index is 6.70. The molecule has 0 aliphatic heterocycles. The van der Waals surface area contributed by atoms with E-state index >= 15 is 0 Å². The van der Waals surface area contributed by atoms with E-state index in [0.717, 1.165) is 50.0 Å².